The number of benzene rings is 1. The molecule has 2 rings (SSSR count). The second-order valence-corrected chi connectivity index (χ2v) is 6.15. The molecule has 0 aliphatic rings. The number of rotatable bonds is 5. The summed E-state index contributed by atoms with van der Waals surface area (Å²) in [4.78, 5) is 25.7. The molecule has 132 valence electrons. The summed E-state index contributed by atoms with van der Waals surface area (Å²) in [5.41, 5.74) is 2.53. The zero-order valence-electron chi connectivity index (χ0n) is 14.2. The number of H-pyrrole nitrogens is 1. The van der Waals surface area contributed by atoms with E-state index in [9.17, 15) is 14.9 Å². The van der Waals surface area contributed by atoms with Crippen molar-refractivity contribution in [2.24, 2.45) is 5.10 Å². The number of nitro groups is 1. The molecule has 0 aliphatic carbocycles. The summed E-state index contributed by atoms with van der Waals surface area (Å²) < 4.78 is 4.94. The van der Waals surface area contributed by atoms with E-state index in [1.54, 1.807) is 6.07 Å². The van der Waals surface area contributed by atoms with Gasteiger partial charge in [-0.2, -0.15) is 15.2 Å². The fourth-order valence-electron chi connectivity index (χ4n) is 2.03. The normalized spacial score (nSPS) is 11.5. The second-order valence-electron chi connectivity index (χ2n) is 6.15. The van der Waals surface area contributed by atoms with Crippen molar-refractivity contribution < 1.29 is 9.66 Å². The molecule has 0 spiro atoms. The Hall–Kier alpha value is -3.30. The first kappa shape index (κ1) is 18.0. The smallest absolute Gasteiger partial charge is 0.363 e. The number of nitrogens with zero attached hydrogens (tertiary/aromatic N) is 4. The molecule has 0 aliphatic heterocycles. The van der Waals surface area contributed by atoms with Gasteiger partial charge in [-0.05, 0) is 12.1 Å². The molecule has 1 aromatic heterocycles. The van der Waals surface area contributed by atoms with E-state index >= 15 is 0 Å². The molecule has 1 aromatic carbocycles. The number of methoxy groups -OCH3 is 1. The lowest BCUT2D eigenvalue weighted by Crippen LogP contribution is -2.24. The Balaban J connectivity index is 2.28. The van der Waals surface area contributed by atoms with Gasteiger partial charge in [0.05, 0.1) is 18.2 Å². The van der Waals surface area contributed by atoms with Crippen molar-refractivity contribution in [2.45, 2.75) is 26.2 Å². The minimum atomic E-state index is -0.606. The standard InChI is InChI=1S/C15H18N6O4/c1-15(2,3)12-13(17-14(22)20-18-12)19-16-8-9-5-6-11(25-4)10(7-9)21(23)24/h5-8H,1-4H3,(H2,17,19,20,22)/b16-8+. The van der Waals surface area contributed by atoms with E-state index < -0.39 is 10.6 Å². The quantitative estimate of drug-likeness (QED) is 0.479. The van der Waals surface area contributed by atoms with Crippen molar-refractivity contribution in [3.63, 3.8) is 0 Å². The van der Waals surface area contributed by atoms with Crippen LogP contribution in [0.1, 0.15) is 32.0 Å². The summed E-state index contributed by atoms with van der Waals surface area (Å²) in [5, 5.41) is 21.3. The van der Waals surface area contributed by atoms with Gasteiger partial charge in [0.25, 0.3) is 0 Å². The molecule has 1 heterocycles. The topological polar surface area (TPSA) is 135 Å². The maximum Gasteiger partial charge on any atom is 0.363 e. The second kappa shape index (κ2) is 7.07. The average molecular weight is 346 g/mol. The van der Waals surface area contributed by atoms with Gasteiger partial charge in [-0.3, -0.25) is 15.5 Å². The number of anilines is 1. The van der Waals surface area contributed by atoms with E-state index in [2.05, 4.69) is 25.7 Å². The van der Waals surface area contributed by atoms with Crippen LogP contribution in [0.3, 0.4) is 0 Å². The summed E-state index contributed by atoms with van der Waals surface area (Å²) in [5.74, 6) is 0.376. The summed E-state index contributed by atoms with van der Waals surface area (Å²) in [6.45, 7) is 5.74. The number of aromatic nitrogens is 3. The van der Waals surface area contributed by atoms with Crippen LogP contribution in [0.25, 0.3) is 0 Å². The van der Waals surface area contributed by atoms with Gasteiger partial charge >= 0.3 is 11.4 Å². The first-order chi connectivity index (χ1) is 11.7. The summed E-state index contributed by atoms with van der Waals surface area (Å²) in [7, 11) is 1.36. The van der Waals surface area contributed by atoms with Crippen LogP contribution in [-0.2, 0) is 5.41 Å². The molecule has 0 amide bonds. The highest BCUT2D eigenvalue weighted by Crippen LogP contribution is 2.27. The lowest BCUT2D eigenvalue weighted by Gasteiger charge is -2.18. The van der Waals surface area contributed by atoms with E-state index in [0.717, 1.165) is 0 Å². The van der Waals surface area contributed by atoms with Crippen molar-refractivity contribution in [1.82, 2.24) is 15.2 Å². The zero-order valence-corrected chi connectivity index (χ0v) is 14.2. The highest BCUT2D eigenvalue weighted by Gasteiger charge is 2.21. The van der Waals surface area contributed by atoms with Crippen LogP contribution >= 0.6 is 0 Å². The van der Waals surface area contributed by atoms with E-state index in [1.165, 1.54) is 25.5 Å². The number of hydrogen-bond donors (Lipinski definition) is 2. The van der Waals surface area contributed by atoms with E-state index in [0.29, 0.717) is 11.3 Å². The minimum absolute atomic E-state index is 0.158. The van der Waals surface area contributed by atoms with Crippen molar-refractivity contribution >= 4 is 17.7 Å². The average Bonchev–Trinajstić information content (AvgIpc) is 2.53. The Bertz CT molecular complexity index is 869. The highest BCUT2D eigenvalue weighted by molar-refractivity contribution is 5.82. The van der Waals surface area contributed by atoms with Gasteiger partial charge in [-0.25, -0.2) is 9.89 Å². The monoisotopic (exact) mass is 346 g/mol. The van der Waals surface area contributed by atoms with Crippen LogP contribution in [0.2, 0.25) is 0 Å². The van der Waals surface area contributed by atoms with E-state index in [1.807, 2.05) is 20.8 Å². The maximum atomic E-state index is 11.4. The van der Waals surface area contributed by atoms with Gasteiger partial charge in [-0.15, -0.1) is 0 Å². The number of nitro benzene ring substituents is 1. The van der Waals surface area contributed by atoms with Gasteiger partial charge in [0.2, 0.25) is 0 Å². The molecule has 0 saturated heterocycles. The first-order valence-corrected chi connectivity index (χ1v) is 7.31. The molecule has 25 heavy (non-hydrogen) atoms. The predicted molar refractivity (Wildman–Crippen MR) is 92.2 cm³/mol. The third kappa shape index (κ3) is 4.37. The lowest BCUT2D eigenvalue weighted by atomic mass is 9.92. The van der Waals surface area contributed by atoms with Crippen LogP contribution in [0.4, 0.5) is 11.5 Å². The molecule has 0 bridgehead atoms. The third-order valence-electron chi connectivity index (χ3n) is 3.20. The van der Waals surface area contributed by atoms with Gasteiger partial charge in [-0.1, -0.05) is 20.8 Å². The zero-order chi connectivity index (χ0) is 18.6. The van der Waals surface area contributed by atoms with E-state index in [4.69, 9.17) is 4.74 Å². The first-order valence-electron chi connectivity index (χ1n) is 7.31. The summed E-state index contributed by atoms with van der Waals surface area (Å²) in [6.07, 6.45) is 1.38. The molecule has 2 aromatic rings. The van der Waals surface area contributed by atoms with Crippen LogP contribution in [-0.4, -0.2) is 33.4 Å². The van der Waals surface area contributed by atoms with Crippen molar-refractivity contribution in [3.05, 3.63) is 50.1 Å². The Kier molecular flexibility index (Phi) is 5.11. The molecular formula is C15H18N6O4. The Morgan fingerprint density at radius 2 is 2.12 bits per heavy atom. The number of ether oxygens (including phenoxy) is 1. The summed E-state index contributed by atoms with van der Waals surface area (Å²) in [6, 6.07) is 4.43. The third-order valence-corrected chi connectivity index (χ3v) is 3.20. The van der Waals surface area contributed by atoms with Crippen molar-refractivity contribution in [1.29, 1.82) is 0 Å². The fourth-order valence-corrected chi connectivity index (χ4v) is 2.03. The number of hydrazone groups is 1. The molecule has 0 radical (unpaired) electrons. The van der Waals surface area contributed by atoms with Gasteiger partial charge in [0.15, 0.2) is 11.6 Å². The Morgan fingerprint density at radius 3 is 2.72 bits per heavy atom. The van der Waals surface area contributed by atoms with Gasteiger partial charge in [0, 0.05) is 17.0 Å². The van der Waals surface area contributed by atoms with Crippen LogP contribution in [0.5, 0.6) is 5.75 Å². The van der Waals surface area contributed by atoms with Crippen LogP contribution in [0.15, 0.2) is 28.1 Å². The Labute approximate surface area is 143 Å². The van der Waals surface area contributed by atoms with Crippen molar-refractivity contribution in [3.8, 4) is 5.75 Å². The van der Waals surface area contributed by atoms with Gasteiger partial charge in [0.1, 0.15) is 5.69 Å². The molecule has 0 unspecified atom stereocenters. The fraction of sp³-hybridized carbons (Fsp3) is 0.333. The van der Waals surface area contributed by atoms with E-state index in [-0.39, 0.29) is 22.7 Å². The van der Waals surface area contributed by atoms with Crippen LogP contribution in [0, 0.1) is 10.1 Å². The Morgan fingerprint density at radius 1 is 1.40 bits per heavy atom. The van der Waals surface area contributed by atoms with Crippen molar-refractivity contribution in [2.75, 3.05) is 12.5 Å². The SMILES string of the molecule is COc1ccc(/C=N/Nc2nc(=O)[nH]nc2C(C)(C)C)cc1[N+](=O)[O-]. The molecule has 0 fully saturated rings. The number of nitrogens with one attached hydrogen (secondary N) is 2. The molecule has 0 atom stereocenters. The number of aromatic amines is 1. The molecule has 10 nitrogen and oxygen atoms in total. The highest BCUT2D eigenvalue weighted by atomic mass is 16.6. The largest absolute Gasteiger partial charge is 0.490 e. The molecular weight excluding hydrogens is 328 g/mol. The maximum absolute atomic E-state index is 11.4. The predicted octanol–water partition coefficient (Wildman–Crippen LogP) is 1.83. The molecule has 2 N–H and O–H groups in total. The summed E-state index contributed by atoms with van der Waals surface area (Å²) >= 11 is 0. The minimum Gasteiger partial charge on any atom is -0.490 e. The molecule has 10 heteroatoms. The van der Waals surface area contributed by atoms with Gasteiger partial charge < -0.3 is 4.74 Å². The lowest BCUT2D eigenvalue weighted by molar-refractivity contribution is -0.385. The van der Waals surface area contributed by atoms with Crippen LogP contribution < -0.4 is 15.9 Å². The number of hydrogen-bond acceptors (Lipinski definition) is 8. The molecule has 0 saturated carbocycles.